The number of nitrogens with zero attached hydrogens (tertiary/aromatic N) is 1. The largest absolute Gasteiger partial charge is 0.479 e. The van der Waals surface area contributed by atoms with E-state index < -0.39 is 12.1 Å². The standard InChI is InChI=1S/C17H17BrClNO4/c1-10(2)22-17(21)11(3)23-13-4-6-14(7-5-13)24-16-15(18)8-12(19)9-20-16/h4-11H,1-3H3. The van der Waals surface area contributed by atoms with E-state index in [4.69, 9.17) is 25.8 Å². The van der Waals surface area contributed by atoms with E-state index in [9.17, 15) is 4.79 Å². The highest BCUT2D eigenvalue weighted by Crippen LogP contribution is 2.30. The molecule has 128 valence electrons. The molecule has 0 fully saturated rings. The molecule has 7 heteroatoms. The van der Waals surface area contributed by atoms with Crippen LogP contribution in [0.25, 0.3) is 0 Å². The van der Waals surface area contributed by atoms with Crippen LogP contribution in [0, 0.1) is 0 Å². The molecule has 24 heavy (non-hydrogen) atoms. The Morgan fingerprint density at radius 1 is 1.17 bits per heavy atom. The Morgan fingerprint density at radius 3 is 2.38 bits per heavy atom. The number of esters is 1. The van der Waals surface area contributed by atoms with Crippen LogP contribution in [0.2, 0.25) is 5.02 Å². The maximum atomic E-state index is 11.7. The molecule has 0 N–H and O–H groups in total. The van der Waals surface area contributed by atoms with Crippen LogP contribution < -0.4 is 9.47 Å². The first-order chi connectivity index (χ1) is 11.3. The number of hydrogen-bond donors (Lipinski definition) is 0. The summed E-state index contributed by atoms with van der Waals surface area (Å²) in [4.78, 5) is 15.8. The molecule has 2 aromatic rings. The normalized spacial score (nSPS) is 11.9. The molecule has 1 atom stereocenters. The third-order valence-corrected chi connectivity index (χ3v) is 3.58. The number of ether oxygens (including phenoxy) is 3. The number of pyridine rings is 1. The summed E-state index contributed by atoms with van der Waals surface area (Å²) < 4.78 is 17.0. The molecule has 0 aliphatic carbocycles. The van der Waals surface area contributed by atoms with Crippen molar-refractivity contribution in [2.24, 2.45) is 0 Å². The van der Waals surface area contributed by atoms with Gasteiger partial charge in [-0.2, -0.15) is 0 Å². The highest BCUT2D eigenvalue weighted by atomic mass is 79.9. The summed E-state index contributed by atoms with van der Waals surface area (Å²) >= 11 is 9.18. The fourth-order valence-electron chi connectivity index (χ4n) is 1.76. The van der Waals surface area contributed by atoms with E-state index in [1.54, 1.807) is 51.1 Å². The van der Waals surface area contributed by atoms with Gasteiger partial charge in [-0.3, -0.25) is 0 Å². The van der Waals surface area contributed by atoms with Crippen molar-refractivity contribution in [2.75, 3.05) is 0 Å². The van der Waals surface area contributed by atoms with E-state index in [0.29, 0.717) is 26.9 Å². The predicted molar refractivity (Wildman–Crippen MR) is 94.8 cm³/mol. The van der Waals surface area contributed by atoms with Crippen LogP contribution >= 0.6 is 27.5 Å². The number of halogens is 2. The lowest BCUT2D eigenvalue weighted by Crippen LogP contribution is -2.28. The molecule has 1 unspecified atom stereocenters. The van der Waals surface area contributed by atoms with Crippen molar-refractivity contribution in [3.8, 4) is 17.4 Å². The van der Waals surface area contributed by atoms with Crippen LogP contribution in [-0.4, -0.2) is 23.2 Å². The molecule has 2 rings (SSSR count). The monoisotopic (exact) mass is 413 g/mol. The summed E-state index contributed by atoms with van der Waals surface area (Å²) in [6, 6.07) is 8.55. The molecule has 0 saturated heterocycles. The van der Waals surface area contributed by atoms with E-state index in [1.165, 1.54) is 6.20 Å². The lowest BCUT2D eigenvalue weighted by atomic mass is 10.3. The van der Waals surface area contributed by atoms with Crippen LogP contribution in [0.15, 0.2) is 41.0 Å². The number of carbonyl (C=O) groups excluding carboxylic acids is 1. The SMILES string of the molecule is CC(C)OC(=O)C(C)Oc1ccc(Oc2ncc(Cl)cc2Br)cc1. The van der Waals surface area contributed by atoms with Gasteiger partial charge in [0.1, 0.15) is 11.5 Å². The first-order valence-electron chi connectivity index (χ1n) is 7.31. The van der Waals surface area contributed by atoms with Gasteiger partial charge in [0.25, 0.3) is 0 Å². The van der Waals surface area contributed by atoms with Crippen molar-refractivity contribution in [2.45, 2.75) is 33.0 Å². The molecule has 0 aliphatic heterocycles. The van der Waals surface area contributed by atoms with Gasteiger partial charge in [-0.15, -0.1) is 0 Å². The Hall–Kier alpha value is -1.79. The Morgan fingerprint density at radius 2 is 1.79 bits per heavy atom. The summed E-state index contributed by atoms with van der Waals surface area (Å²) in [6.45, 7) is 5.23. The van der Waals surface area contributed by atoms with Gasteiger partial charge in [0.2, 0.25) is 5.88 Å². The number of rotatable bonds is 6. The van der Waals surface area contributed by atoms with E-state index >= 15 is 0 Å². The Balaban J connectivity index is 1.99. The summed E-state index contributed by atoms with van der Waals surface area (Å²) in [7, 11) is 0. The topological polar surface area (TPSA) is 57.7 Å². The second-order valence-electron chi connectivity index (χ2n) is 5.26. The van der Waals surface area contributed by atoms with Crippen molar-refractivity contribution in [1.82, 2.24) is 4.98 Å². The third-order valence-electron chi connectivity index (χ3n) is 2.81. The fourth-order valence-corrected chi connectivity index (χ4v) is 2.48. The van der Waals surface area contributed by atoms with Gasteiger partial charge in [0.05, 0.1) is 15.6 Å². The van der Waals surface area contributed by atoms with Gasteiger partial charge in [-0.05, 0) is 67.0 Å². The quantitative estimate of drug-likeness (QED) is 0.622. The predicted octanol–water partition coefficient (Wildman–Crippen LogP) is 5.01. The minimum absolute atomic E-state index is 0.176. The first kappa shape index (κ1) is 18.5. The van der Waals surface area contributed by atoms with Crippen LogP contribution in [0.3, 0.4) is 0 Å². The molecule has 0 saturated carbocycles. The molecule has 5 nitrogen and oxygen atoms in total. The summed E-state index contributed by atoms with van der Waals surface area (Å²) in [5, 5.41) is 0.514. The zero-order chi connectivity index (χ0) is 17.7. The Kier molecular flexibility index (Phi) is 6.45. The van der Waals surface area contributed by atoms with Crippen LogP contribution in [-0.2, 0) is 9.53 Å². The first-order valence-corrected chi connectivity index (χ1v) is 8.48. The van der Waals surface area contributed by atoms with E-state index in [-0.39, 0.29) is 6.10 Å². The zero-order valence-corrected chi connectivity index (χ0v) is 15.8. The smallest absolute Gasteiger partial charge is 0.347 e. The van der Waals surface area contributed by atoms with Gasteiger partial charge in [-0.25, -0.2) is 9.78 Å². The number of carbonyl (C=O) groups is 1. The molecule has 1 heterocycles. The van der Waals surface area contributed by atoms with Crippen molar-refractivity contribution < 1.29 is 19.0 Å². The van der Waals surface area contributed by atoms with Gasteiger partial charge >= 0.3 is 5.97 Å². The van der Waals surface area contributed by atoms with E-state index in [1.807, 2.05) is 0 Å². The molecule has 1 aromatic heterocycles. The molecular weight excluding hydrogens is 398 g/mol. The fraction of sp³-hybridized carbons (Fsp3) is 0.294. The lowest BCUT2D eigenvalue weighted by molar-refractivity contribution is -0.154. The molecule has 0 spiro atoms. The maximum absolute atomic E-state index is 11.7. The Bertz CT molecular complexity index is 706. The van der Waals surface area contributed by atoms with Crippen molar-refractivity contribution in [3.63, 3.8) is 0 Å². The van der Waals surface area contributed by atoms with Crippen LogP contribution in [0.5, 0.6) is 17.4 Å². The molecule has 0 bridgehead atoms. The van der Waals surface area contributed by atoms with Crippen molar-refractivity contribution >= 4 is 33.5 Å². The average molecular weight is 415 g/mol. The summed E-state index contributed by atoms with van der Waals surface area (Å²) in [5.41, 5.74) is 0. The molecule has 0 aliphatic rings. The van der Waals surface area contributed by atoms with Gasteiger partial charge < -0.3 is 14.2 Å². The van der Waals surface area contributed by atoms with Crippen LogP contribution in [0.1, 0.15) is 20.8 Å². The van der Waals surface area contributed by atoms with Gasteiger partial charge in [0.15, 0.2) is 6.10 Å². The van der Waals surface area contributed by atoms with Crippen molar-refractivity contribution in [3.05, 3.63) is 46.0 Å². The molecule has 0 amide bonds. The zero-order valence-electron chi connectivity index (χ0n) is 13.5. The van der Waals surface area contributed by atoms with Gasteiger partial charge in [-0.1, -0.05) is 11.6 Å². The second-order valence-corrected chi connectivity index (χ2v) is 6.55. The molecule has 1 aromatic carbocycles. The number of benzene rings is 1. The van der Waals surface area contributed by atoms with Crippen LogP contribution in [0.4, 0.5) is 0 Å². The van der Waals surface area contributed by atoms with Gasteiger partial charge in [0, 0.05) is 6.20 Å². The lowest BCUT2D eigenvalue weighted by Gasteiger charge is -2.16. The van der Waals surface area contributed by atoms with Crippen molar-refractivity contribution in [1.29, 1.82) is 0 Å². The average Bonchev–Trinajstić information content (AvgIpc) is 2.51. The molecule has 0 radical (unpaired) electrons. The second kappa shape index (κ2) is 8.35. The number of aromatic nitrogens is 1. The summed E-state index contributed by atoms with van der Waals surface area (Å²) in [5.74, 6) is 1.12. The molecular formula is C17H17BrClNO4. The Labute approximate surface area is 154 Å². The maximum Gasteiger partial charge on any atom is 0.347 e. The minimum atomic E-state index is -0.689. The van der Waals surface area contributed by atoms with E-state index in [2.05, 4.69) is 20.9 Å². The third kappa shape index (κ3) is 5.39. The highest BCUT2D eigenvalue weighted by Gasteiger charge is 2.17. The number of hydrogen-bond acceptors (Lipinski definition) is 5. The summed E-state index contributed by atoms with van der Waals surface area (Å²) in [6.07, 6.45) is 0.636. The van der Waals surface area contributed by atoms with E-state index in [0.717, 1.165) is 0 Å². The minimum Gasteiger partial charge on any atom is -0.479 e. The highest BCUT2D eigenvalue weighted by molar-refractivity contribution is 9.10.